The lowest BCUT2D eigenvalue weighted by Gasteiger charge is -2.28. The van der Waals surface area contributed by atoms with Crippen LogP contribution in [0.25, 0.3) is 0 Å². The van der Waals surface area contributed by atoms with Gasteiger partial charge in [-0.2, -0.15) is 11.8 Å². The van der Waals surface area contributed by atoms with Gasteiger partial charge in [-0.05, 0) is 59.1 Å². The number of thioether (sulfide) groups is 1. The van der Waals surface area contributed by atoms with Gasteiger partial charge in [-0.25, -0.2) is 13.1 Å². The first-order chi connectivity index (χ1) is 9.96. The van der Waals surface area contributed by atoms with Crippen molar-refractivity contribution in [1.29, 1.82) is 0 Å². The van der Waals surface area contributed by atoms with Gasteiger partial charge in [0, 0.05) is 22.3 Å². The number of hydrogen-bond donors (Lipinski definition) is 2. The molecular weight excluding hydrogens is 372 g/mol. The molecule has 0 bridgehead atoms. The Labute approximate surface area is 139 Å². The van der Waals surface area contributed by atoms with Crippen molar-refractivity contribution in [2.75, 3.05) is 6.26 Å². The van der Waals surface area contributed by atoms with Gasteiger partial charge in [-0.1, -0.05) is 12.5 Å². The van der Waals surface area contributed by atoms with E-state index in [4.69, 9.17) is 5.73 Å². The van der Waals surface area contributed by atoms with Crippen molar-refractivity contribution >= 4 is 37.7 Å². The van der Waals surface area contributed by atoms with E-state index in [0.717, 1.165) is 24.8 Å². The predicted molar refractivity (Wildman–Crippen MR) is 91.9 cm³/mol. The highest BCUT2D eigenvalue weighted by atomic mass is 79.9. The molecule has 2 rings (SSSR count). The summed E-state index contributed by atoms with van der Waals surface area (Å²) in [5.41, 5.74) is 6.47. The highest BCUT2D eigenvalue weighted by molar-refractivity contribution is 9.10. The van der Waals surface area contributed by atoms with Crippen LogP contribution in [0.5, 0.6) is 0 Å². The summed E-state index contributed by atoms with van der Waals surface area (Å²) in [7, 11) is -3.49. The van der Waals surface area contributed by atoms with Gasteiger partial charge in [0.15, 0.2) is 0 Å². The van der Waals surface area contributed by atoms with Crippen LogP contribution in [-0.4, -0.2) is 26.0 Å². The van der Waals surface area contributed by atoms with E-state index < -0.39 is 10.0 Å². The third-order valence-electron chi connectivity index (χ3n) is 3.80. The first kappa shape index (κ1) is 17.3. The topological polar surface area (TPSA) is 72.2 Å². The SMILES string of the molecule is CSC1CCCC(NS(=O)(=O)c2ccc(CN)cc2Br)C1. The summed E-state index contributed by atoms with van der Waals surface area (Å²) in [6.07, 6.45) is 6.15. The fourth-order valence-electron chi connectivity index (χ4n) is 2.64. The summed E-state index contributed by atoms with van der Waals surface area (Å²) in [5, 5.41) is 0.550. The van der Waals surface area contributed by atoms with Crippen LogP contribution >= 0.6 is 27.7 Å². The van der Waals surface area contributed by atoms with Gasteiger partial charge in [0.05, 0.1) is 4.90 Å². The molecule has 4 nitrogen and oxygen atoms in total. The van der Waals surface area contributed by atoms with Crippen LogP contribution < -0.4 is 10.5 Å². The van der Waals surface area contributed by atoms with E-state index in [1.165, 1.54) is 6.42 Å². The highest BCUT2D eigenvalue weighted by Crippen LogP contribution is 2.29. The molecule has 0 aromatic heterocycles. The van der Waals surface area contributed by atoms with Gasteiger partial charge >= 0.3 is 0 Å². The molecule has 0 aliphatic heterocycles. The van der Waals surface area contributed by atoms with Gasteiger partial charge in [0.2, 0.25) is 10.0 Å². The van der Waals surface area contributed by atoms with Gasteiger partial charge < -0.3 is 5.73 Å². The van der Waals surface area contributed by atoms with Crippen molar-refractivity contribution in [1.82, 2.24) is 4.72 Å². The minimum Gasteiger partial charge on any atom is -0.326 e. The van der Waals surface area contributed by atoms with Crippen LogP contribution in [0.15, 0.2) is 27.6 Å². The maximum atomic E-state index is 12.5. The molecule has 118 valence electrons. The zero-order chi connectivity index (χ0) is 15.5. The van der Waals surface area contributed by atoms with Crippen LogP contribution in [0.1, 0.15) is 31.2 Å². The van der Waals surface area contributed by atoms with Gasteiger partial charge in [-0.15, -0.1) is 0 Å². The van der Waals surface area contributed by atoms with Crippen molar-refractivity contribution in [2.45, 2.75) is 48.4 Å². The summed E-state index contributed by atoms with van der Waals surface area (Å²) >= 11 is 5.16. The zero-order valence-corrected chi connectivity index (χ0v) is 15.2. The number of sulfonamides is 1. The molecule has 0 heterocycles. The summed E-state index contributed by atoms with van der Waals surface area (Å²) in [6.45, 7) is 0.393. The average molecular weight is 393 g/mol. The Kier molecular flexibility index (Phi) is 6.14. The van der Waals surface area contributed by atoms with Crippen LogP contribution in [0, 0.1) is 0 Å². The molecule has 2 unspecified atom stereocenters. The minimum absolute atomic E-state index is 0.0299. The molecule has 1 fully saturated rings. The van der Waals surface area contributed by atoms with E-state index in [1.54, 1.807) is 18.2 Å². The largest absolute Gasteiger partial charge is 0.326 e. The normalized spacial score (nSPS) is 23.2. The molecule has 0 spiro atoms. The number of rotatable bonds is 5. The maximum Gasteiger partial charge on any atom is 0.241 e. The molecule has 2 atom stereocenters. The van der Waals surface area contributed by atoms with Gasteiger partial charge in [-0.3, -0.25) is 0 Å². The molecule has 1 aliphatic carbocycles. The number of nitrogens with one attached hydrogen (secondary N) is 1. The van der Waals surface area contributed by atoms with E-state index in [-0.39, 0.29) is 10.9 Å². The van der Waals surface area contributed by atoms with Gasteiger partial charge in [0.25, 0.3) is 0 Å². The second kappa shape index (κ2) is 7.46. The van der Waals surface area contributed by atoms with Crippen molar-refractivity contribution in [3.63, 3.8) is 0 Å². The smallest absolute Gasteiger partial charge is 0.241 e. The first-order valence-electron chi connectivity index (χ1n) is 7.00. The summed E-state index contributed by atoms with van der Waals surface area (Å²) in [5.74, 6) is 0. The van der Waals surface area contributed by atoms with E-state index in [2.05, 4.69) is 26.9 Å². The second-order valence-corrected chi connectivity index (χ2v) is 8.99. The molecule has 7 heteroatoms. The standard InChI is InChI=1S/C14H21BrN2O2S2/c1-20-12-4-2-3-11(8-12)17-21(18,19)14-6-5-10(9-16)7-13(14)15/h5-7,11-12,17H,2-4,8-9,16H2,1H3. The molecule has 1 saturated carbocycles. The quantitative estimate of drug-likeness (QED) is 0.807. The van der Waals surface area contributed by atoms with Crippen molar-refractivity contribution < 1.29 is 8.42 Å². The lowest BCUT2D eigenvalue weighted by molar-refractivity contribution is 0.420. The van der Waals surface area contributed by atoms with Crippen molar-refractivity contribution in [3.05, 3.63) is 28.2 Å². The fourth-order valence-corrected chi connectivity index (χ4v) is 5.87. The maximum absolute atomic E-state index is 12.5. The molecule has 0 radical (unpaired) electrons. The lowest BCUT2D eigenvalue weighted by atomic mass is 9.96. The number of nitrogens with two attached hydrogens (primary N) is 1. The van der Waals surface area contributed by atoms with Crippen LogP contribution in [0.3, 0.4) is 0 Å². The summed E-state index contributed by atoms with van der Waals surface area (Å²) in [6, 6.07) is 5.16. The van der Waals surface area contributed by atoms with E-state index >= 15 is 0 Å². The molecule has 0 saturated heterocycles. The number of hydrogen-bond acceptors (Lipinski definition) is 4. The molecular formula is C14H21BrN2O2S2. The third kappa shape index (κ3) is 4.45. The van der Waals surface area contributed by atoms with Crippen molar-refractivity contribution in [2.24, 2.45) is 5.73 Å². The zero-order valence-electron chi connectivity index (χ0n) is 12.0. The van der Waals surface area contributed by atoms with Crippen LogP contribution in [0.4, 0.5) is 0 Å². The number of benzene rings is 1. The Morgan fingerprint density at radius 3 is 2.81 bits per heavy atom. The fraction of sp³-hybridized carbons (Fsp3) is 0.571. The predicted octanol–water partition coefficient (Wildman–Crippen LogP) is 2.86. The summed E-state index contributed by atoms with van der Waals surface area (Å²) in [4.78, 5) is 0.283. The minimum atomic E-state index is -3.49. The average Bonchev–Trinajstić information content (AvgIpc) is 2.46. The monoisotopic (exact) mass is 392 g/mol. The Morgan fingerprint density at radius 2 is 2.19 bits per heavy atom. The Bertz CT molecular complexity index is 593. The number of halogens is 1. The van der Waals surface area contributed by atoms with Crippen LogP contribution in [0.2, 0.25) is 0 Å². The summed E-state index contributed by atoms with van der Waals surface area (Å²) < 4.78 is 28.5. The van der Waals surface area contributed by atoms with Gasteiger partial charge in [0.1, 0.15) is 0 Å². The molecule has 3 N–H and O–H groups in total. The first-order valence-corrected chi connectivity index (χ1v) is 10.6. The molecule has 1 aliphatic rings. The van der Waals surface area contributed by atoms with E-state index in [9.17, 15) is 8.42 Å². The second-order valence-electron chi connectivity index (χ2n) is 5.31. The Balaban J connectivity index is 2.14. The Hall–Kier alpha value is -0.0800. The molecule has 0 amide bonds. The highest BCUT2D eigenvalue weighted by Gasteiger charge is 2.27. The molecule has 1 aromatic carbocycles. The molecule has 1 aromatic rings. The Morgan fingerprint density at radius 1 is 1.43 bits per heavy atom. The van der Waals surface area contributed by atoms with E-state index in [0.29, 0.717) is 16.3 Å². The van der Waals surface area contributed by atoms with E-state index in [1.807, 2.05) is 11.8 Å². The third-order valence-corrected chi connectivity index (χ3v) is 7.39. The van der Waals surface area contributed by atoms with Crippen molar-refractivity contribution in [3.8, 4) is 0 Å². The van der Waals surface area contributed by atoms with Crippen LogP contribution in [-0.2, 0) is 16.6 Å². The molecule has 21 heavy (non-hydrogen) atoms. The lowest BCUT2D eigenvalue weighted by Crippen LogP contribution is -2.39.